The first-order valence-electron chi connectivity index (χ1n) is 5.13. The summed E-state index contributed by atoms with van der Waals surface area (Å²) in [7, 11) is 0. The first-order chi connectivity index (χ1) is 6.50. The van der Waals surface area contributed by atoms with E-state index in [4.69, 9.17) is 10.5 Å². The Balaban J connectivity index is 2.12. The van der Waals surface area contributed by atoms with Crippen molar-refractivity contribution in [2.45, 2.75) is 32.4 Å². The zero-order chi connectivity index (χ0) is 10.3. The number of hydrogen-bond acceptors (Lipinski definition) is 3. The molecule has 14 heavy (non-hydrogen) atoms. The van der Waals surface area contributed by atoms with Crippen molar-refractivity contribution in [3.05, 3.63) is 0 Å². The molecule has 0 aliphatic carbocycles. The molecule has 0 aromatic heterocycles. The smallest absolute Gasteiger partial charge is 0.224 e. The Kier molecular flexibility index (Phi) is 2.27. The standard InChI is InChI=1S/C10H18N2O2/c1-10(2)6-14-5-8(10)12-4-7(11)3-9(12)13/h7-8H,3-6,11H2,1-2H3. The maximum Gasteiger partial charge on any atom is 0.224 e. The van der Waals surface area contributed by atoms with Crippen molar-refractivity contribution in [1.82, 2.24) is 4.90 Å². The molecule has 2 atom stereocenters. The summed E-state index contributed by atoms with van der Waals surface area (Å²) in [5, 5.41) is 0. The molecule has 2 aliphatic heterocycles. The topological polar surface area (TPSA) is 55.6 Å². The van der Waals surface area contributed by atoms with E-state index in [0.29, 0.717) is 19.6 Å². The fourth-order valence-corrected chi connectivity index (χ4v) is 2.33. The number of hydrogen-bond donors (Lipinski definition) is 1. The molecule has 0 aromatic rings. The second kappa shape index (κ2) is 3.21. The average Bonchev–Trinajstić information content (AvgIpc) is 2.54. The van der Waals surface area contributed by atoms with Crippen molar-refractivity contribution in [3.63, 3.8) is 0 Å². The Hall–Kier alpha value is -0.610. The van der Waals surface area contributed by atoms with E-state index in [-0.39, 0.29) is 23.4 Å². The highest BCUT2D eigenvalue weighted by molar-refractivity contribution is 5.79. The molecule has 0 saturated carbocycles. The minimum absolute atomic E-state index is 0.0129. The van der Waals surface area contributed by atoms with Gasteiger partial charge in [-0.2, -0.15) is 0 Å². The Bertz CT molecular complexity index is 253. The molecule has 0 aromatic carbocycles. The maximum atomic E-state index is 11.6. The maximum absolute atomic E-state index is 11.6. The minimum atomic E-state index is 0.0129. The van der Waals surface area contributed by atoms with Crippen molar-refractivity contribution < 1.29 is 9.53 Å². The van der Waals surface area contributed by atoms with Gasteiger partial charge in [0.2, 0.25) is 5.91 Å². The summed E-state index contributed by atoms with van der Waals surface area (Å²) in [6.45, 7) is 6.36. The fraction of sp³-hybridized carbons (Fsp3) is 0.900. The predicted octanol–water partition coefficient (Wildman–Crippen LogP) is -0.0290. The van der Waals surface area contributed by atoms with Crippen LogP contribution in [0.15, 0.2) is 0 Å². The number of ether oxygens (including phenoxy) is 1. The zero-order valence-electron chi connectivity index (χ0n) is 8.82. The van der Waals surface area contributed by atoms with Crippen LogP contribution in [0.2, 0.25) is 0 Å². The molecular formula is C10H18N2O2. The number of nitrogens with two attached hydrogens (primary N) is 1. The number of carbonyl (C=O) groups is 1. The van der Waals surface area contributed by atoms with Gasteiger partial charge in [0.05, 0.1) is 19.3 Å². The number of amides is 1. The lowest BCUT2D eigenvalue weighted by atomic mass is 9.87. The highest BCUT2D eigenvalue weighted by Gasteiger charge is 2.44. The highest BCUT2D eigenvalue weighted by atomic mass is 16.5. The van der Waals surface area contributed by atoms with Crippen LogP contribution in [-0.4, -0.2) is 42.6 Å². The largest absolute Gasteiger partial charge is 0.379 e. The molecule has 2 fully saturated rings. The van der Waals surface area contributed by atoms with Crippen LogP contribution in [0.1, 0.15) is 20.3 Å². The second-order valence-corrected chi connectivity index (χ2v) is 5.03. The molecule has 2 aliphatic rings. The lowest BCUT2D eigenvalue weighted by Crippen LogP contribution is -2.46. The molecule has 0 radical (unpaired) electrons. The van der Waals surface area contributed by atoms with Gasteiger partial charge in [-0.3, -0.25) is 4.79 Å². The molecule has 80 valence electrons. The Morgan fingerprint density at radius 1 is 1.57 bits per heavy atom. The summed E-state index contributed by atoms with van der Waals surface area (Å²) < 4.78 is 5.43. The summed E-state index contributed by atoms with van der Waals surface area (Å²) >= 11 is 0. The Morgan fingerprint density at radius 3 is 2.71 bits per heavy atom. The summed E-state index contributed by atoms with van der Waals surface area (Å²) in [5.74, 6) is 0.182. The summed E-state index contributed by atoms with van der Waals surface area (Å²) in [4.78, 5) is 13.6. The lowest BCUT2D eigenvalue weighted by molar-refractivity contribution is -0.131. The van der Waals surface area contributed by atoms with Gasteiger partial charge < -0.3 is 15.4 Å². The summed E-state index contributed by atoms with van der Waals surface area (Å²) in [5.41, 5.74) is 5.84. The van der Waals surface area contributed by atoms with Gasteiger partial charge in [-0.05, 0) is 0 Å². The average molecular weight is 198 g/mol. The molecule has 2 N–H and O–H groups in total. The van der Waals surface area contributed by atoms with Crippen molar-refractivity contribution in [1.29, 1.82) is 0 Å². The molecule has 0 spiro atoms. The van der Waals surface area contributed by atoms with E-state index in [9.17, 15) is 4.79 Å². The number of likely N-dealkylation sites (tertiary alicyclic amines) is 1. The first-order valence-corrected chi connectivity index (χ1v) is 5.13. The first kappa shape index (κ1) is 9.93. The van der Waals surface area contributed by atoms with E-state index < -0.39 is 0 Å². The number of nitrogens with zero attached hydrogens (tertiary/aromatic N) is 1. The fourth-order valence-electron chi connectivity index (χ4n) is 2.33. The predicted molar refractivity (Wildman–Crippen MR) is 52.7 cm³/mol. The van der Waals surface area contributed by atoms with Crippen molar-refractivity contribution in [3.8, 4) is 0 Å². The van der Waals surface area contributed by atoms with Crippen LogP contribution in [0.25, 0.3) is 0 Å². The monoisotopic (exact) mass is 198 g/mol. The van der Waals surface area contributed by atoms with Gasteiger partial charge in [0.15, 0.2) is 0 Å². The molecular weight excluding hydrogens is 180 g/mol. The second-order valence-electron chi connectivity index (χ2n) is 5.03. The number of rotatable bonds is 1. The SMILES string of the molecule is CC1(C)COCC1N1CC(N)CC1=O. The zero-order valence-corrected chi connectivity index (χ0v) is 8.82. The molecule has 4 nitrogen and oxygen atoms in total. The van der Waals surface area contributed by atoms with E-state index in [2.05, 4.69) is 13.8 Å². The third-order valence-corrected chi connectivity index (χ3v) is 3.22. The van der Waals surface area contributed by atoms with Gasteiger partial charge in [-0.25, -0.2) is 0 Å². The minimum Gasteiger partial charge on any atom is -0.379 e. The summed E-state index contributed by atoms with van der Waals surface area (Å²) in [6.07, 6.45) is 0.493. The van der Waals surface area contributed by atoms with E-state index in [1.165, 1.54) is 0 Å². The van der Waals surface area contributed by atoms with Gasteiger partial charge in [-0.1, -0.05) is 13.8 Å². The molecule has 4 heteroatoms. The van der Waals surface area contributed by atoms with Crippen molar-refractivity contribution in [2.24, 2.45) is 11.1 Å². The van der Waals surface area contributed by atoms with Crippen LogP contribution < -0.4 is 5.73 Å². The van der Waals surface area contributed by atoms with Crippen LogP contribution in [0, 0.1) is 5.41 Å². The Labute approximate surface area is 84.4 Å². The van der Waals surface area contributed by atoms with Crippen LogP contribution in [0.3, 0.4) is 0 Å². The van der Waals surface area contributed by atoms with Crippen LogP contribution in [0.5, 0.6) is 0 Å². The lowest BCUT2D eigenvalue weighted by Gasteiger charge is -2.33. The third kappa shape index (κ3) is 1.53. The third-order valence-electron chi connectivity index (χ3n) is 3.22. The van der Waals surface area contributed by atoms with Crippen LogP contribution >= 0.6 is 0 Å². The van der Waals surface area contributed by atoms with Crippen molar-refractivity contribution in [2.75, 3.05) is 19.8 Å². The number of carbonyl (C=O) groups excluding carboxylic acids is 1. The molecule has 1 amide bonds. The van der Waals surface area contributed by atoms with Crippen LogP contribution in [0.4, 0.5) is 0 Å². The van der Waals surface area contributed by atoms with Gasteiger partial charge in [0, 0.05) is 24.4 Å². The van der Waals surface area contributed by atoms with E-state index in [0.717, 1.165) is 6.61 Å². The van der Waals surface area contributed by atoms with Crippen molar-refractivity contribution >= 4 is 5.91 Å². The van der Waals surface area contributed by atoms with E-state index in [1.807, 2.05) is 4.90 Å². The van der Waals surface area contributed by atoms with Gasteiger partial charge in [0.25, 0.3) is 0 Å². The van der Waals surface area contributed by atoms with E-state index in [1.54, 1.807) is 0 Å². The quantitative estimate of drug-likeness (QED) is 0.644. The molecule has 2 heterocycles. The van der Waals surface area contributed by atoms with Crippen LogP contribution in [-0.2, 0) is 9.53 Å². The molecule has 2 rings (SSSR count). The highest BCUT2D eigenvalue weighted by Crippen LogP contribution is 2.33. The Morgan fingerprint density at radius 2 is 2.29 bits per heavy atom. The van der Waals surface area contributed by atoms with Gasteiger partial charge in [0.1, 0.15) is 0 Å². The summed E-state index contributed by atoms with van der Waals surface area (Å²) in [6, 6.07) is 0.224. The normalized spacial score (nSPS) is 36.8. The van der Waals surface area contributed by atoms with Gasteiger partial charge >= 0.3 is 0 Å². The molecule has 2 saturated heterocycles. The molecule has 2 unspecified atom stereocenters. The van der Waals surface area contributed by atoms with Gasteiger partial charge in [-0.15, -0.1) is 0 Å². The molecule has 0 bridgehead atoms. The van der Waals surface area contributed by atoms with E-state index >= 15 is 0 Å².